The molecule has 4 nitrogen and oxygen atoms in total. The number of nitrogens with one attached hydrogen (secondary N) is 2. The fourth-order valence-corrected chi connectivity index (χ4v) is 1.91. The Hall–Kier alpha value is -1.10. The zero-order chi connectivity index (χ0) is 13.0. The van der Waals surface area contributed by atoms with E-state index in [0.29, 0.717) is 19.1 Å². The van der Waals surface area contributed by atoms with Crippen molar-refractivity contribution in [2.75, 3.05) is 25.0 Å². The van der Waals surface area contributed by atoms with Crippen LogP contribution in [0.1, 0.15) is 25.3 Å². The molecule has 0 saturated carbocycles. The van der Waals surface area contributed by atoms with Crippen LogP contribution in [-0.2, 0) is 9.53 Å². The number of hydrogen-bond acceptors (Lipinski definition) is 3. The molecule has 0 aromatic heterocycles. The van der Waals surface area contributed by atoms with Gasteiger partial charge in [-0.15, -0.1) is 12.4 Å². The minimum atomic E-state index is -0.386. The highest BCUT2D eigenvalue weighted by molar-refractivity contribution is 5.94. The molecule has 1 aromatic carbocycles. The number of morpholine rings is 1. The largest absolute Gasteiger partial charge is 0.366 e. The molecule has 1 heterocycles. The summed E-state index contributed by atoms with van der Waals surface area (Å²) in [7, 11) is 0. The van der Waals surface area contributed by atoms with Gasteiger partial charge in [0.25, 0.3) is 5.91 Å². The molecule has 0 bridgehead atoms. The summed E-state index contributed by atoms with van der Waals surface area (Å²) in [6, 6.07) is 7.95. The summed E-state index contributed by atoms with van der Waals surface area (Å²) in [6.45, 7) is 6.28. The first-order valence-corrected chi connectivity index (χ1v) is 6.40. The minimum absolute atomic E-state index is 0. The maximum atomic E-state index is 11.9. The van der Waals surface area contributed by atoms with Gasteiger partial charge < -0.3 is 15.4 Å². The topological polar surface area (TPSA) is 50.4 Å². The monoisotopic (exact) mass is 284 g/mol. The van der Waals surface area contributed by atoms with Crippen molar-refractivity contribution in [3.05, 3.63) is 29.8 Å². The lowest BCUT2D eigenvalue weighted by Crippen LogP contribution is -2.45. The normalized spacial score (nSPS) is 18.8. The van der Waals surface area contributed by atoms with Gasteiger partial charge in [-0.05, 0) is 23.6 Å². The second kappa shape index (κ2) is 7.48. The van der Waals surface area contributed by atoms with Crippen molar-refractivity contribution in [1.82, 2.24) is 5.32 Å². The van der Waals surface area contributed by atoms with Crippen molar-refractivity contribution in [2.24, 2.45) is 0 Å². The van der Waals surface area contributed by atoms with Crippen molar-refractivity contribution in [1.29, 1.82) is 0 Å². The summed E-state index contributed by atoms with van der Waals surface area (Å²) >= 11 is 0. The molecular formula is C14H21ClN2O2. The highest BCUT2D eigenvalue weighted by Crippen LogP contribution is 2.17. The van der Waals surface area contributed by atoms with E-state index in [2.05, 4.69) is 24.5 Å². The molecule has 1 saturated heterocycles. The van der Waals surface area contributed by atoms with E-state index in [1.807, 2.05) is 24.3 Å². The smallest absolute Gasteiger partial charge is 0.254 e. The maximum Gasteiger partial charge on any atom is 0.254 e. The van der Waals surface area contributed by atoms with Gasteiger partial charge in [-0.1, -0.05) is 26.0 Å². The SMILES string of the molecule is CC(C)c1ccc(NC(=O)C2CNCCO2)cc1.Cl. The zero-order valence-corrected chi connectivity index (χ0v) is 12.1. The van der Waals surface area contributed by atoms with E-state index in [0.717, 1.165) is 12.2 Å². The standard InChI is InChI=1S/C14H20N2O2.ClH/c1-10(2)11-3-5-12(6-4-11)16-14(17)13-9-15-7-8-18-13;/h3-6,10,13,15H,7-9H2,1-2H3,(H,16,17);1H. The molecule has 1 atom stereocenters. The number of carbonyl (C=O) groups excluding carboxylic acids is 1. The van der Waals surface area contributed by atoms with Gasteiger partial charge in [0, 0.05) is 18.8 Å². The number of anilines is 1. The Labute approximate surface area is 120 Å². The van der Waals surface area contributed by atoms with Gasteiger partial charge in [-0.3, -0.25) is 4.79 Å². The van der Waals surface area contributed by atoms with Crippen LogP contribution in [0.4, 0.5) is 5.69 Å². The average molecular weight is 285 g/mol. The number of rotatable bonds is 3. The Morgan fingerprint density at radius 3 is 2.58 bits per heavy atom. The molecule has 2 N–H and O–H groups in total. The van der Waals surface area contributed by atoms with E-state index in [9.17, 15) is 4.79 Å². The van der Waals surface area contributed by atoms with E-state index in [1.165, 1.54) is 5.56 Å². The van der Waals surface area contributed by atoms with E-state index >= 15 is 0 Å². The van der Waals surface area contributed by atoms with E-state index in [-0.39, 0.29) is 24.4 Å². The van der Waals surface area contributed by atoms with Crippen LogP contribution >= 0.6 is 12.4 Å². The fraction of sp³-hybridized carbons (Fsp3) is 0.500. The van der Waals surface area contributed by atoms with Gasteiger partial charge in [0.15, 0.2) is 0 Å². The Morgan fingerprint density at radius 1 is 1.37 bits per heavy atom. The fourth-order valence-electron chi connectivity index (χ4n) is 1.91. The van der Waals surface area contributed by atoms with Crippen LogP contribution in [0.25, 0.3) is 0 Å². The number of carbonyl (C=O) groups is 1. The Morgan fingerprint density at radius 2 is 2.05 bits per heavy atom. The second-order valence-electron chi connectivity index (χ2n) is 4.83. The summed E-state index contributed by atoms with van der Waals surface area (Å²) in [6.07, 6.45) is -0.386. The van der Waals surface area contributed by atoms with E-state index < -0.39 is 0 Å². The molecule has 19 heavy (non-hydrogen) atoms. The van der Waals surface area contributed by atoms with Crippen LogP contribution < -0.4 is 10.6 Å². The van der Waals surface area contributed by atoms with Crippen molar-refractivity contribution >= 4 is 24.0 Å². The number of amides is 1. The lowest BCUT2D eigenvalue weighted by molar-refractivity contribution is -0.128. The summed E-state index contributed by atoms with van der Waals surface area (Å²) in [5.74, 6) is 0.417. The highest BCUT2D eigenvalue weighted by Gasteiger charge is 2.21. The van der Waals surface area contributed by atoms with Crippen LogP contribution in [0.2, 0.25) is 0 Å². The molecule has 106 valence electrons. The molecule has 1 aromatic rings. The highest BCUT2D eigenvalue weighted by atomic mass is 35.5. The quantitative estimate of drug-likeness (QED) is 0.894. The van der Waals surface area contributed by atoms with E-state index in [4.69, 9.17) is 4.74 Å². The second-order valence-corrected chi connectivity index (χ2v) is 4.83. The Bertz CT molecular complexity index is 400. The first kappa shape index (κ1) is 16.0. The average Bonchev–Trinajstić information content (AvgIpc) is 2.40. The van der Waals surface area contributed by atoms with Crippen molar-refractivity contribution in [3.63, 3.8) is 0 Å². The predicted octanol–water partition coefficient (Wildman–Crippen LogP) is 2.16. The molecule has 1 aliphatic heterocycles. The van der Waals surface area contributed by atoms with Crippen LogP contribution in [0.5, 0.6) is 0 Å². The van der Waals surface area contributed by atoms with E-state index in [1.54, 1.807) is 0 Å². The van der Waals surface area contributed by atoms with Crippen LogP contribution in [0.15, 0.2) is 24.3 Å². The van der Waals surface area contributed by atoms with Crippen LogP contribution in [-0.4, -0.2) is 31.7 Å². The van der Waals surface area contributed by atoms with Gasteiger partial charge in [0.1, 0.15) is 6.10 Å². The third-order valence-corrected chi connectivity index (χ3v) is 3.06. The number of ether oxygens (including phenoxy) is 1. The third kappa shape index (κ3) is 4.49. The summed E-state index contributed by atoms with van der Waals surface area (Å²) in [5.41, 5.74) is 2.09. The molecular weight excluding hydrogens is 264 g/mol. The molecule has 1 amide bonds. The first-order chi connectivity index (χ1) is 8.66. The first-order valence-electron chi connectivity index (χ1n) is 6.40. The third-order valence-electron chi connectivity index (χ3n) is 3.06. The van der Waals surface area contributed by atoms with Crippen molar-refractivity contribution in [3.8, 4) is 0 Å². The zero-order valence-electron chi connectivity index (χ0n) is 11.3. The van der Waals surface area contributed by atoms with Crippen LogP contribution in [0, 0.1) is 0 Å². The Balaban J connectivity index is 0.00000180. The summed E-state index contributed by atoms with van der Waals surface area (Å²) < 4.78 is 5.40. The van der Waals surface area contributed by atoms with Gasteiger partial charge in [0.05, 0.1) is 6.61 Å². The maximum absolute atomic E-state index is 11.9. The lowest BCUT2D eigenvalue weighted by atomic mass is 10.0. The summed E-state index contributed by atoms with van der Waals surface area (Å²) in [4.78, 5) is 11.9. The molecule has 1 fully saturated rings. The molecule has 1 aliphatic rings. The number of halogens is 1. The summed E-state index contributed by atoms with van der Waals surface area (Å²) in [5, 5.41) is 6.01. The molecule has 0 radical (unpaired) electrons. The van der Waals surface area contributed by atoms with Gasteiger partial charge in [-0.2, -0.15) is 0 Å². The Kier molecular flexibility index (Phi) is 6.28. The molecule has 2 rings (SSSR count). The molecule has 0 spiro atoms. The molecule has 5 heteroatoms. The minimum Gasteiger partial charge on any atom is -0.366 e. The van der Waals surface area contributed by atoms with Crippen LogP contribution in [0.3, 0.4) is 0 Å². The van der Waals surface area contributed by atoms with Gasteiger partial charge >= 0.3 is 0 Å². The van der Waals surface area contributed by atoms with Crippen molar-refractivity contribution in [2.45, 2.75) is 25.9 Å². The van der Waals surface area contributed by atoms with Gasteiger partial charge in [-0.25, -0.2) is 0 Å². The number of hydrogen-bond donors (Lipinski definition) is 2. The predicted molar refractivity (Wildman–Crippen MR) is 79.0 cm³/mol. The number of benzene rings is 1. The van der Waals surface area contributed by atoms with Crippen molar-refractivity contribution < 1.29 is 9.53 Å². The lowest BCUT2D eigenvalue weighted by Gasteiger charge is -2.22. The molecule has 1 unspecified atom stereocenters. The van der Waals surface area contributed by atoms with Gasteiger partial charge in [0.2, 0.25) is 0 Å². The molecule has 0 aliphatic carbocycles.